The van der Waals surface area contributed by atoms with Crippen molar-refractivity contribution in [1.82, 2.24) is 14.7 Å². The Labute approximate surface area is 306 Å². The number of aliphatic hydroxyl groups excluding tert-OH is 1. The molecule has 1 N–H and O–H groups in total. The Kier molecular flexibility index (Phi) is 16.1. The number of nitro benzene ring substituents is 3. The molecular formula is C39H54N6O7. The van der Waals surface area contributed by atoms with E-state index < -0.39 is 0 Å². The average Bonchev–Trinajstić information content (AvgIpc) is 3.15. The zero-order chi connectivity index (χ0) is 37.5. The van der Waals surface area contributed by atoms with Gasteiger partial charge in [-0.3, -0.25) is 45.0 Å². The van der Waals surface area contributed by atoms with Crippen LogP contribution in [0.3, 0.4) is 0 Å². The number of benzene rings is 3. The first-order valence-corrected chi connectivity index (χ1v) is 18.5. The normalized spacial score (nSPS) is 18.1. The van der Waals surface area contributed by atoms with Crippen LogP contribution in [0.4, 0.5) is 17.1 Å². The maximum atomic E-state index is 10.6. The smallest absolute Gasteiger partial charge is 0.269 e. The zero-order valence-corrected chi connectivity index (χ0v) is 30.6. The second-order valence-electron chi connectivity index (χ2n) is 14.4. The molecule has 0 aromatic heterocycles. The predicted molar refractivity (Wildman–Crippen MR) is 202 cm³/mol. The lowest BCUT2D eigenvalue weighted by atomic mass is 9.94. The Morgan fingerprint density at radius 1 is 0.538 bits per heavy atom. The van der Waals surface area contributed by atoms with Crippen LogP contribution in [0.25, 0.3) is 0 Å². The fraction of sp³-hybridized carbons (Fsp3) is 0.538. The number of rotatable bonds is 10. The lowest BCUT2D eigenvalue weighted by Gasteiger charge is -2.31. The minimum Gasteiger partial charge on any atom is -0.393 e. The molecule has 52 heavy (non-hydrogen) atoms. The highest BCUT2D eigenvalue weighted by Crippen LogP contribution is 2.23. The van der Waals surface area contributed by atoms with Crippen LogP contribution in [0.1, 0.15) is 75.5 Å². The van der Waals surface area contributed by atoms with Gasteiger partial charge in [0.25, 0.3) is 17.1 Å². The largest absolute Gasteiger partial charge is 0.393 e. The van der Waals surface area contributed by atoms with E-state index in [0.717, 1.165) is 100 Å². The number of nitro groups is 3. The highest BCUT2D eigenvalue weighted by molar-refractivity contribution is 5.34. The van der Waals surface area contributed by atoms with Crippen molar-refractivity contribution < 1.29 is 19.9 Å². The Bertz CT molecular complexity index is 1450. The molecule has 3 fully saturated rings. The molecule has 6 rings (SSSR count). The van der Waals surface area contributed by atoms with Crippen molar-refractivity contribution in [2.45, 2.75) is 84.5 Å². The molecule has 3 aromatic carbocycles. The summed E-state index contributed by atoms with van der Waals surface area (Å²) in [6.07, 6.45) is 7.82. The van der Waals surface area contributed by atoms with Gasteiger partial charge in [0.2, 0.25) is 0 Å². The van der Waals surface area contributed by atoms with Gasteiger partial charge in [0.15, 0.2) is 0 Å². The molecule has 3 aromatic rings. The van der Waals surface area contributed by atoms with Gasteiger partial charge in [-0.1, -0.05) is 56.7 Å². The maximum absolute atomic E-state index is 10.6. The molecule has 0 atom stereocenters. The van der Waals surface area contributed by atoms with E-state index in [9.17, 15) is 35.4 Å². The lowest BCUT2D eigenvalue weighted by molar-refractivity contribution is -0.385. The van der Waals surface area contributed by atoms with Crippen LogP contribution in [0, 0.1) is 42.2 Å². The van der Waals surface area contributed by atoms with E-state index in [0.29, 0.717) is 0 Å². The van der Waals surface area contributed by atoms with E-state index in [-0.39, 0.29) is 37.9 Å². The van der Waals surface area contributed by atoms with Crippen LogP contribution >= 0.6 is 0 Å². The molecule has 13 heteroatoms. The summed E-state index contributed by atoms with van der Waals surface area (Å²) < 4.78 is 0. The maximum Gasteiger partial charge on any atom is 0.269 e. The molecule has 3 aliphatic rings. The summed E-state index contributed by atoms with van der Waals surface area (Å²) in [5, 5.41) is 41.0. The van der Waals surface area contributed by atoms with E-state index in [2.05, 4.69) is 28.5 Å². The van der Waals surface area contributed by atoms with E-state index in [4.69, 9.17) is 0 Å². The van der Waals surface area contributed by atoms with Crippen LogP contribution in [0.15, 0.2) is 72.8 Å². The molecule has 0 unspecified atom stereocenters. The number of hydrogen-bond donors (Lipinski definition) is 1. The molecule has 0 aliphatic carbocycles. The van der Waals surface area contributed by atoms with E-state index in [1.807, 2.05) is 24.3 Å². The minimum absolute atomic E-state index is 0.128. The summed E-state index contributed by atoms with van der Waals surface area (Å²) in [6.45, 7) is 13.5. The standard InChI is InChI=1S/C14H20N2O2.C13H18N2O2.C12H16N2O3/c1-2-12-7-9-15(10-8-12)11-13-3-5-14(6-4-13)16(17)18;1-11-6-8-14(9-7-11)10-12-2-4-13(5-3-12)15(16)17;15-12-5-7-13(8-6-12)9-10-1-3-11(4-2-10)14(16)17/h3-6,12H,2,7-11H2,1H3;2-5,11H,6-10H2,1H3;1-4,12,15H,5-9H2. The number of hydrogen-bond acceptors (Lipinski definition) is 10. The van der Waals surface area contributed by atoms with Crippen LogP contribution in [-0.4, -0.2) is 79.9 Å². The Balaban J connectivity index is 0.000000175. The molecule has 3 heterocycles. The zero-order valence-electron chi connectivity index (χ0n) is 30.6. The van der Waals surface area contributed by atoms with E-state index >= 15 is 0 Å². The monoisotopic (exact) mass is 718 g/mol. The highest BCUT2D eigenvalue weighted by atomic mass is 16.6. The fourth-order valence-corrected chi connectivity index (χ4v) is 6.79. The highest BCUT2D eigenvalue weighted by Gasteiger charge is 2.19. The third-order valence-electron chi connectivity index (χ3n) is 10.4. The van der Waals surface area contributed by atoms with Gasteiger partial charge in [-0.25, -0.2) is 0 Å². The number of non-ortho nitro benzene ring substituents is 3. The number of nitrogens with zero attached hydrogens (tertiary/aromatic N) is 6. The first-order chi connectivity index (χ1) is 25.0. The summed E-state index contributed by atoms with van der Waals surface area (Å²) in [6, 6.07) is 20.5. The van der Waals surface area contributed by atoms with Crippen LogP contribution in [0.2, 0.25) is 0 Å². The molecular weight excluding hydrogens is 664 g/mol. The summed E-state index contributed by atoms with van der Waals surface area (Å²) in [5.74, 6) is 1.72. The first-order valence-electron chi connectivity index (χ1n) is 18.5. The van der Waals surface area contributed by atoms with Gasteiger partial charge in [0.05, 0.1) is 20.9 Å². The SMILES string of the molecule is CC1CCN(Cc2ccc([N+](=O)[O-])cc2)CC1.CCC1CCN(Cc2ccc([N+](=O)[O-])cc2)CC1.O=[N+]([O-])c1ccc(CN2CCC(O)CC2)cc1. The molecule has 0 saturated carbocycles. The Morgan fingerprint density at radius 2 is 0.827 bits per heavy atom. The summed E-state index contributed by atoms with van der Waals surface area (Å²) in [5.41, 5.74) is 3.86. The summed E-state index contributed by atoms with van der Waals surface area (Å²) in [4.78, 5) is 37.6. The van der Waals surface area contributed by atoms with Crippen LogP contribution in [-0.2, 0) is 19.6 Å². The van der Waals surface area contributed by atoms with Crippen molar-refractivity contribution in [3.63, 3.8) is 0 Å². The Morgan fingerprint density at radius 3 is 1.12 bits per heavy atom. The van der Waals surface area contributed by atoms with Gasteiger partial charge >= 0.3 is 0 Å². The quantitative estimate of drug-likeness (QED) is 0.163. The molecule has 3 aliphatic heterocycles. The summed E-state index contributed by atoms with van der Waals surface area (Å²) >= 11 is 0. The van der Waals surface area contributed by atoms with Gasteiger partial charge in [0, 0.05) is 69.1 Å². The van der Waals surface area contributed by atoms with Crippen LogP contribution < -0.4 is 0 Å². The number of likely N-dealkylation sites (tertiary alicyclic amines) is 3. The molecule has 282 valence electrons. The van der Waals surface area contributed by atoms with E-state index in [1.165, 1.54) is 44.2 Å². The molecule has 0 radical (unpaired) electrons. The second kappa shape index (κ2) is 20.7. The third-order valence-corrected chi connectivity index (χ3v) is 10.4. The predicted octanol–water partition coefficient (Wildman–Crippen LogP) is 7.60. The van der Waals surface area contributed by atoms with Crippen molar-refractivity contribution in [3.8, 4) is 0 Å². The van der Waals surface area contributed by atoms with Gasteiger partial charge in [-0.2, -0.15) is 0 Å². The van der Waals surface area contributed by atoms with Crippen molar-refractivity contribution in [2.24, 2.45) is 11.8 Å². The van der Waals surface area contributed by atoms with E-state index in [1.54, 1.807) is 36.4 Å². The van der Waals surface area contributed by atoms with Gasteiger partial charge in [-0.15, -0.1) is 0 Å². The van der Waals surface area contributed by atoms with Gasteiger partial charge < -0.3 is 5.11 Å². The Hall–Kier alpha value is -4.30. The van der Waals surface area contributed by atoms with Crippen LogP contribution in [0.5, 0.6) is 0 Å². The molecule has 0 bridgehead atoms. The number of aliphatic hydroxyl groups is 1. The third kappa shape index (κ3) is 13.7. The van der Waals surface area contributed by atoms with Crippen molar-refractivity contribution in [2.75, 3.05) is 39.3 Å². The van der Waals surface area contributed by atoms with Crippen molar-refractivity contribution >= 4 is 17.1 Å². The van der Waals surface area contributed by atoms with Gasteiger partial charge in [0.1, 0.15) is 0 Å². The molecule has 3 saturated heterocycles. The molecule has 0 spiro atoms. The molecule has 13 nitrogen and oxygen atoms in total. The second-order valence-corrected chi connectivity index (χ2v) is 14.4. The van der Waals surface area contributed by atoms with Crippen molar-refractivity contribution in [1.29, 1.82) is 0 Å². The number of piperidine rings is 3. The molecule has 0 amide bonds. The summed E-state index contributed by atoms with van der Waals surface area (Å²) in [7, 11) is 0. The lowest BCUT2D eigenvalue weighted by Crippen LogP contribution is -2.35. The van der Waals surface area contributed by atoms with Crippen molar-refractivity contribution in [3.05, 3.63) is 120 Å². The fourth-order valence-electron chi connectivity index (χ4n) is 6.79. The topological polar surface area (TPSA) is 159 Å². The average molecular weight is 719 g/mol. The minimum atomic E-state index is -0.388. The van der Waals surface area contributed by atoms with Gasteiger partial charge in [-0.05, 0) is 93.2 Å². The first kappa shape index (κ1) is 40.5.